The van der Waals surface area contributed by atoms with Gasteiger partial charge >= 0.3 is 0 Å². The highest BCUT2D eigenvalue weighted by Gasteiger charge is 2.12. The highest BCUT2D eigenvalue weighted by atomic mass is 35.5. The number of nitrogens with one attached hydrogen (secondary N) is 3. The third kappa shape index (κ3) is 4.70. The van der Waals surface area contributed by atoms with E-state index in [4.69, 9.17) is 11.6 Å². The van der Waals surface area contributed by atoms with Crippen molar-refractivity contribution in [2.45, 2.75) is 13.8 Å². The van der Waals surface area contributed by atoms with E-state index >= 15 is 0 Å². The third-order valence-corrected chi connectivity index (χ3v) is 3.63. The highest BCUT2D eigenvalue weighted by molar-refractivity contribution is 6.33. The molecule has 3 N–H and O–H groups in total. The molecule has 5 nitrogen and oxygen atoms in total. The molecule has 0 aliphatic carbocycles. The first-order chi connectivity index (χ1) is 11.4. The van der Waals surface area contributed by atoms with Gasteiger partial charge in [-0.1, -0.05) is 29.3 Å². The molecule has 0 bridgehead atoms. The first-order valence-corrected chi connectivity index (χ1v) is 7.60. The maximum atomic E-state index is 12.9. The summed E-state index contributed by atoms with van der Waals surface area (Å²) in [5.74, 6) is -1.60. The Balaban J connectivity index is 1.85. The molecule has 0 spiro atoms. The van der Waals surface area contributed by atoms with E-state index < -0.39 is 17.6 Å². The van der Waals surface area contributed by atoms with Crippen molar-refractivity contribution in [3.05, 3.63) is 63.9 Å². The van der Waals surface area contributed by atoms with Crippen LogP contribution in [0.25, 0.3) is 0 Å². The Hall–Kier alpha value is -2.60. The molecule has 0 aliphatic heterocycles. The van der Waals surface area contributed by atoms with Crippen LogP contribution in [0, 0.1) is 19.7 Å². The van der Waals surface area contributed by atoms with Crippen LogP contribution >= 0.6 is 11.6 Å². The molecule has 0 fully saturated rings. The minimum atomic E-state index is -0.625. The lowest BCUT2D eigenvalue weighted by Gasteiger charge is -2.11. The van der Waals surface area contributed by atoms with E-state index in [1.54, 1.807) is 0 Å². The fourth-order valence-corrected chi connectivity index (χ4v) is 2.35. The summed E-state index contributed by atoms with van der Waals surface area (Å²) in [7, 11) is 0. The van der Waals surface area contributed by atoms with Gasteiger partial charge in [-0.25, -0.2) is 4.39 Å². The standard InChI is InChI=1S/C17H17ClFN3O2/c1-10-3-6-15(11(2)7-10)20-9-16(23)21-22-17(24)13-5-4-12(19)8-14(13)18/h3-8,20H,9H2,1-2H3,(H,21,23)(H,22,24). The van der Waals surface area contributed by atoms with E-state index in [1.165, 1.54) is 6.07 Å². The van der Waals surface area contributed by atoms with Gasteiger partial charge in [-0.3, -0.25) is 20.4 Å². The fraction of sp³-hybridized carbons (Fsp3) is 0.176. The molecule has 2 aromatic rings. The van der Waals surface area contributed by atoms with Gasteiger partial charge in [0.05, 0.1) is 17.1 Å². The lowest BCUT2D eigenvalue weighted by molar-refractivity contribution is -0.120. The van der Waals surface area contributed by atoms with Crippen LogP contribution in [0.4, 0.5) is 10.1 Å². The summed E-state index contributed by atoms with van der Waals surface area (Å²) >= 11 is 5.79. The van der Waals surface area contributed by atoms with Gasteiger partial charge in [0.1, 0.15) is 5.82 Å². The third-order valence-electron chi connectivity index (χ3n) is 3.31. The van der Waals surface area contributed by atoms with Gasteiger partial charge in [0.15, 0.2) is 0 Å². The molecular weight excluding hydrogens is 333 g/mol. The van der Waals surface area contributed by atoms with E-state index in [1.807, 2.05) is 32.0 Å². The zero-order valence-electron chi connectivity index (χ0n) is 13.2. The zero-order chi connectivity index (χ0) is 17.7. The van der Waals surface area contributed by atoms with Crippen molar-refractivity contribution >= 4 is 29.1 Å². The fourth-order valence-electron chi connectivity index (χ4n) is 2.10. The first-order valence-electron chi connectivity index (χ1n) is 7.22. The molecule has 0 saturated heterocycles. The van der Waals surface area contributed by atoms with Gasteiger partial charge in [-0.2, -0.15) is 0 Å². The zero-order valence-corrected chi connectivity index (χ0v) is 14.0. The maximum Gasteiger partial charge on any atom is 0.271 e. The van der Waals surface area contributed by atoms with E-state index in [-0.39, 0.29) is 17.1 Å². The summed E-state index contributed by atoms with van der Waals surface area (Å²) in [5.41, 5.74) is 7.56. The van der Waals surface area contributed by atoms with Crippen molar-refractivity contribution in [3.63, 3.8) is 0 Å². The van der Waals surface area contributed by atoms with Crippen LogP contribution in [0.1, 0.15) is 21.5 Å². The Labute approximate surface area is 144 Å². The van der Waals surface area contributed by atoms with E-state index in [0.717, 1.165) is 28.9 Å². The Morgan fingerprint density at radius 3 is 2.50 bits per heavy atom. The topological polar surface area (TPSA) is 70.2 Å². The minimum absolute atomic E-state index is 0.0126. The summed E-state index contributed by atoms with van der Waals surface area (Å²) < 4.78 is 12.9. The predicted octanol–water partition coefficient (Wildman–Crippen LogP) is 2.97. The average Bonchev–Trinajstić information content (AvgIpc) is 2.51. The number of benzene rings is 2. The monoisotopic (exact) mass is 349 g/mol. The van der Waals surface area contributed by atoms with Crippen molar-refractivity contribution in [3.8, 4) is 0 Å². The summed E-state index contributed by atoms with van der Waals surface area (Å²) in [6.45, 7) is 3.91. The second-order valence-corrected chi connectivity index (χ2v) is 5.71. The smallest absolute Gasteiger partial charge is 0.271 e. The largest absolute Gasteiger partial charge is 0.376 e. The number of halogens is 2. The van der Waals surface area contributed by atoms with Gasteiger partial charge in [0, 0.05) is 5.69 Å². The molecule has 24 heavy (non-hydrogen) atoms. The molecule has 2 aromatic carbocycles. The van der Waals surface area contributed by atoms with Crippen molar-refractivity contribution in [2.75, 3.05) is 11.9 Å². The van der Waals surface area contributed by atoms with Crippen LogP contribution in [-0.2, 0) is 4.79 Å². The molecule has 0 heterocycles. The number of hydrogen-bond donors (Lipinski definition) is 3. The molecule has 0 unspecified atom stereocenters. The highest BCUT2D eigenvalue weighted by Crippen LogP contribution is 2.17. The number of hydrazine groups is 1. The molecule has 2 amide bonds. The van der Waals surface area contributed by atoms with E-state index in [2.05, 4.69) is 16.2 Å². The first kappa shape index (κ1) is 17.7. The van der Waals surface area contributed by atoms with Crippen LogP contribution in [0.2, 0.25) is 5.02 Å². The number of carbonyl (C=O) groups is 2. The number of rotatable bonds is 4. The average molecular weight is 350 g/mol. The molecule has 0 atom stereocenters. The number of carbonyl (C=O) groups excluding carboxylic acids is 2. The van der Waals surface area contributed by atoms with Crippen LogP contribution in [0.15, 0.2) is 36.4 Å². The van der Waals surface area contributed by atoms with Gasteiger partial charge in [-0.05, 0) is 43.7 Å². The molecular formula is C17H17ClFN3O2. The summed E-state index contributed by atoms with van der Waals surface area (Å²) in [6, 6.07) is 9.20. The minimum Gasteiger partial charge on any atom is -0.376 e. The van der Waals surface area contributed by atoms with Gasteiger partial charge in [-0.15, -0.1) is 0 Å². The Morgan fingerprint density at radius 2 is 1.83 bits per heavy atom. The van der Waals surface area contributed by atoms with Gasteiger partial charge in [0.25, 0.3) is 11.8 Å². The predicted molar refractivity (Wildman–Crippen MR) is 91.4 cm³/mol. The molecule has 7 heteroatoms. The van der Waals surface area contributed by atoms with Crippen molar-refractivity contribution < 1.29 is 14.0 Å². The summed E-state index contributed by atoms with van der Waals surface area (Å²) in [6.07, 6.45) is 0. The second-order valence-electron chi connectivity index (χ2n) is 5.30. The van der Waals surface area contributed by atoms with Gasteiger partial charge < -0.3 is 5.32 Å². The van der Waals surface area contributed by atoms with Crippen molar-refractivity contribution in [1.82, 2.24) is 10.9 Å². The second kappa shape index (κ2) is 7.79. The SMILES string of the molecule is Cc1ccc(NCC(=O)NNC(=O)c2ccc(F)cc2Cl)c(C)c1. The lowest BCUT2D eigenvalue weighted by Crippen LogP contribution is -2.44. The number of amides is 2. The molecule has 0 aromatic heterocycles. The summed E-state index contributed by atoms with van der Waals surface area (Å²) in [4.78, 5) is 23.7. The number of hydrogen-bond acceptors (Lipinski definition) is 3. The quantitative estimate of drug-likeness (QED) is 0.743. The number of anilines is 1. The Morgan fingerprint density at radius 1 is 1.08 bits per heavy atom. The maximum absolute atomic E-state index is 12.9. The van der Waals surface area contributed by atoms with Crippen LogP contribution in [-0.4, -0.2) is 18.4 Å². The van der Waals surface area contributed by atoms with Crippen molar-refractivity contribution in [1.29, 1.82) is 0 Å². The van der Waals surface area contributed by atoms with Crippen molar-refractivity contribution in [2.24, 2.45) is 0 Å². The van der Waals surface area contributed by atoms with Crippen LogP contribution in [0.3, 0.4) is 0 Å². The molecule has 2 rings (SSSR count). The number of aryl methyl sites for hydroxylation is 2. The molecule has 0 radical (unpaired) electrons. The van der Waals surface area contributed by atoms with Crippen LogP contribution in [0.5, 0.6) is 0 Å². The molecule has 0 aliphatic rings. The normalized spacial score (nSPS) is 10.2. The Kier molecular flexibility index (Phi) is 5.76. The van der Waals surface area contributed by atoms with E-state index in [9.17, 15) is 14.0 Å². The molecule has 126 valence electrons. The summed E-state index contributed by atoms with van der Waals surface area (Å²) in [5, 5.41) is 2.95. The van der Waals surface area contributed by atoms with Gasteiger partial charge in [0.2, 0.25) is 0 Å². The Bertz CT molecular complexity index is 780. The lowest BCUT2D eigenvalue weighted by atomic mass is 10.1. The van der Waals surface area contributed by atoms with E-state index in [0.29, 0.717) is 0 Å². The molecule has 0 saturated carbocycles. The van der Waals surface area contributed by atoms with Crippen LogP contribution < -0.4 is 16.2 Å².